The molecule has 1 aliphatic carbocycles. The fraction of sp³-hybridized carbons (Fsp3) is 0.200. The van der Waals surface area contributed by atoms with E-state index in [-0.39, 0.29) is 11.6 Å². The number of ether oxygens (including phenoxy) is 1. The Hall–Kier alpha value is -3.08. The first-order valence-electron chi connectivity index (χ1n) is 8.34. The van der Waals surface area contributed by atoms with Crippen LogP contribution in [0.4, 0.5) is 0 Å². The van der Waals surface area contributed by atoms with Crippen molar-refractivity contribution in [3.63, 3.8) is 0 Å². The molecule has 4 rings (SSSR count). The number of allylic oxidation sites excluding steroid dienone is 2. The number of rotatable bonds is 4. The molecule has 0 saturated carbocycles. The molecule has 1 N–H and O–H groups in total. The minimum absolute atomic E-state index is 0.115. The second-order valence-electron chi connectivity index (χ2n) is 6.07. The second kappa shape index (κ2) is 6.43. The highest BCUT2D eigenvalue weighted by Crippen LogP contribution is 2.35. The summed E-state index contributed by atoms with van der Waals surface area (Å²) in [5.41, 5.74) is 3.06. The maximum Gasteiger partial charge on any atom is 0.257 e. The van der Waals surface area contributed by atoms with Crippen LogP contribution in [-0.2, 0) is 0 Å². The summed E-state index contributed by atoms with van der Waals surface area (Å²) in [6, 6.07) is 11.7. The molecule has 0 saturated heterocycles. The van der Waals surface area contributed by atoms with E-state index in [0.717, 1.165) is 35.5 Å². The molecule has 2 aromatic heterocycles. The van der Waals surface area contributed by atoms with Crippen molar-refractivity contribution in [1.29, 1.82) is 0 Å². The predicted molar refractivity (Wildman–Crippen MR) is 97.7 cm³/mol. The average Bonchev–Trinajstić information content (AvgIpc) is 3.31. The molecule has 1 atom stereocenters. The Kier molecular flexibility index (Phi) is 3.98. The normalized spacial score (nSPS) is 16.3. The van der Waals surface area contributed by atoms with Gasteiger partial charge in [0, 0.05) is 11.8 Å². The van der Waals surface area contributed by atoms with E-state index < -0.39 is 0 Å². The Morgan fingerprint density at radius 2 is 2.20 bits per heavy atom. The maximum absolute atomic E-state index is 12.5. The number of nitrogens with one attached hydrogen (secondary N) is 1. The van der Waals surface area contributed by atoms with Crippen LogP contribution in [0.2, 0.25) is 0 Å². The van der Waals surface area contributed by atoms with E-state index in [4.69, 9.17) is 4.74 Å². The molecule has 0 fully saturated rings. The van der Waals surface area contributed by atoms with Crippen LogP contribution in [0.3, 0.4) is 0 Å². The number of H-pyrrole nitrogens is 1. The van der Waals surface area contributed by atoms with Gasteiger partial charge in [-0.3, -0.25) is 4.79 Å². The molecule has 2 heterocycles. The number of pyridine rings is 1. The van der Waals surface area contributed by atoms with Crippen molar-refractivity contribution in [3.8, 4) is 28.3 Å². The molecular formula is C20H19N3O2. The zero-order chi connectivity index (χ0) is 17.2. The Bertz CT molecular complexity index is 984. The zero-order valence-electron chi connectivity index (χ0n) is 14.0. The van der Waals surface area contributed by atoms with Crippen LogP contribution < -0.4 is 10.3 Å². The van der Waals surface area contributed by atoms with Gasteiger partial charge in [-0.2, -0.15) is 0 Å². The number of nitrogens with zero attached hydrogens (tertiary/aromatic N) is 2. The topological polar surface area (TPSA) is 59.9 Å². The fourth-order valence-corrected chi connectivity index (χ4v) is 3.32. The maximum atomic E-state index is 12.5. The van der Waals surface area contributed by atoms with Gasteiger partial charge in [0.1, 0.15) is 5.75 Å². The lowest BCUT2D eigenvalue weighted by molar-refractivity contribution is 0.415. The summed E-state index contributed by atoms with van der Waals surface area (Å²) in [6.45, 7) is 0. The molecule has 1 unspecified atom stereocenters. The minimum atomic E-state index is -0.115. The Morgan fingerprint density at radius 1 is 1.28 bits per heavy atom. The molecule has 5 heteroatoms. The molecule has 0 spiro atoms. The molecule has 0 amide bonds. The lowest BCUT2D eigenvalue weighted by Crippen LogP contribution is -2.12. The summed E-state index contributed by atoms with van der Waals surface area (Å²) in [5, 5.41) is 0. The van der Waals surface area contributed by atoms with E-state index in [1.54, 1.807) is 13.3 Å². The molecule has 25 heavy (non-hydrogen) atoms. The standard InChI is InChI=1S/C20H19N3O2/c1-25-16-9-4-6-14(12-16)18-19(17-10-5-11-21-20(17)24)23(13-22-18)15-7-2-3-8-15/h2,4-7,9-13,15H,3,8H2,1H3,(H,21,24). The highest BCUT2D eigenvalue weighted by Gasteiger charge is 2.22. The van der Waals surface area contributed by atoms with Crippen LogP contribution in [0.15, 0.2) is 65.9 Å². The van der Waals surface area contributed by atoms with Crippen molar-refractivity contribution in [2.45, 2.75) is 18.9 Å². The summed E-state index contributed by atoms with van der Waals surface area (Å²) in [7, 11) is 1.64. The third-order valence-electron chi connectivity index (χ3n) is 4.55. The van der Waals surface area contributed by atoms with Gasteiger partial charge in [-0.15, -0.1) is 0 Å². The first-order valence-corrected chi connectivity index (χ1v) is 8.34. The van der Waals surface area contributed by atoms with E-state index in [2.05, 4.69) is 26.7 Å². The summed E-state index contributed by atoms with van der Waals surface area (Å²) >= 11 is 0. The van der Waals surface area contributed by atoms with Crippen molar-refractivity contribution in [3.05, 3.63) is 71.4 Å². The van der Waals surface area contributed by atoms with Gasteiger partial charge in [0.15, 0.2) is 0 Å². The van der Waals surface area contributed by atoms with Crippen molar-refractivity contribution < 1.29 is 4.74 Å². The predicted octanol–water partition coefficient (Wildman–Crippen LogP) is 3.81. The summed E-state index contributed by atoms with van der Waals surface area (Å²) in [5.74, 6) is 0.765. The Labute approximate surface area is 145 Å². The lowest BCUT2D eigenvalue weighted by Gasteiger charge is -2.15. The average molecular weight is 333 g/mol. The van der Waals surface area contributed by atoms with Gasteiger partial charge in [-0.1, -0.05) is 24.3 Å². The molecule has 1 aromatic carbocycles. The third kappa shape index (κ3) is 2.78. The summed E-state index contributed by atoms with van der Waals surface area (Å²) in [6.07, 6.45) is 9.89. The van der Waals surface area contributed by atoms with Crippen LogP contribution in [0.25, 0.3) is 22.5 Å². The molecular weight excluding hydrogens is 314 g/mol. The van der Waals surface area contributed by atoms with Gasteiger partial charge in [0.25, 0.3) is 5.56 Å². The third-order valence-corrected chi connectivity index (χ3v) is 4.55. The van der Waals surface area contributed by atoms with Gasteiger partial charge < -0.3 is 14.3 Å². The van der Waals surface area contributed by atoms with E-state index in [1.165, 1.54) is 0 Å². The van der Waals surface area contributed by atoms with Crippen molar-refractivity contribution >= 4 is 0 Å². The largest absolute Gasteiger partial charge is 0.497 e. The van der Waals surface area contributed by atoms with Crippen molar-refractivity contribution in [2.75, 3.05) is 7.11 Å². The Morgan fingerprint density at radius 3 is 2.96 bits per heavy atom. The number of hydrogen-bond donors (Lipinski definition) is 1. The minimum Gasteiger partial charge on any atom is -0.497 e. The van der Waals surface area contributed by atoms with Crippen LogP contribution in [0.1, 0.15) is 18.9 Å². The van der Waals surface area contributed by atoms with Crippen molar-refractivity contribution in [2.24, 2.45) is 0 Å². The molecule has 0 bridgehead atoms. The molecule has 1 aliphatic rings. The zero-order valence-corrected chi connectivity index (χ0v) is 14.0. The van der Waals surface area contributed by atoms with Crippen LogP contribution >= 0.6 is 0 Å². The number of benzene rings is 1. The fourth-order valence-electron chi connectivity index (χ4n) is 3.32. The first-order chi connectivity index (χ1) is 12.3. The molecule has 3 aromatic rings. The first kappa shape index (κ1) is 15.4. The SMILES string of the molecule is COc1cccc(-c2ncn(C3C=CCC3)c2-c2ccc[nH]c2=O)c1. The molecule has 0 aliphatic heterocycles. The van der Waals surface area contributed by atoms with Gasteiger partial charge >= 0.3 is 0 Å². The number of imidazole rings is 1. The van der Waals surface area contributed by atoms with E-state index in [9.17, 15) is 4.79 Å². The quantitative estimate of drug-likeness (QED) is 0.739. The Balaban J connectivity index is 1.94. The highest BCUT2D eigenvalue weighted by molar-refractivity contribution is 5.79. The van der Waals surface area contributed by atoms with Gasteiger partial charge in [-0.05, 0) is 37.1 Å². The molecule has 5 nitrogen and oxygen atoms in total. The monoisotopic (exact) mass is 333 g/mol. The van der Waals surface area contributed by atoms with Crippen molar-refractivity contribution in [1.82, 2.24) is 14.5 Å². The smallest absolute Gasteiger partial charge is 0.257 e. The number of hydrogen-bond acceptors (Lipinski definition) is 3. The lowest BCUT2D eigenvalue weighted by atomic mass is 10.0. The van der Waals surface area contributed by atoms with Crippen LogP contribution in [0, 0.1) is 0 Å². The molecule has 126 valence electrons. The number of aromatic nitrogens is 3. The highest BCUT2D eigenvalue weighted by atomic mass is 16.5. The number of aromatic amines is 1. The van der Waals surface area contributed by atoms with Crippen LogP contribution in [0.5, 0.6) is 5.75 Å². The van der Waals surface area contributed by atoms with Gasteiger partial charge in [0.2, 0.25) is 0 Å². The summed E-state index contributed by atoms with van der Waals surface area (Å²) < 4.78 is 7.44. The number of methoxy groups -OCH3 is 1. The van der Waals surface area contributed by atoms with E-state index in [1.807, 2.05) is 42.7 Å². The van der Waals surface area contributed by atoms with E-state index in [0.29, 0.717) is 5.56 Å². The molecule has 0 radical (unpaired) electrons. The van der Waals surface area contributed by atoms with Gasteiger partial charge in [0.05, 0.1) is 36.4 Å². The van der Waals surface area contributed by atoms with E-state index >= 15 is 0 Å². The van der Waals surface area contributed by atoms with Gasteiger partial charge in [-0.25, -0.2) is 4.98 Å². The van der Waals surface area contributed by atoms with Crippen LogP contribution in [-0.4, -0.2) is 21.6 Å². The summed E-state index contributed by atoms with van der Waals surface area (Å²) in [4.78, 5) is 19.9. The second-order valence-corrected chi connectivity index (χ2v) is 6.07.